The molecule has 0 fully saturated rings. The number of pyridine rings is 1. The SMILES string of the molecule is C=C/C=C(\C=C)Nc1nnc(Cc2ccncc2)c(C)c1C.CC. The van der Waals surface area contributed by atoms with Gasteiger partial charge in [0, 0.05) is 24.5 Å². The lowest BCUT2D eigenvalue weighted by Gasteiger charge is -2.13. The van der Waals surface area contributed by atoms with Crippen LogP contribution in [0.5, 0.6) is 0 Å². The minimum Gasteiger partial charge on any atom is -0.339 e. The minimum atomic E-state index is 0.740. The van der Waals surface area contributed by atoms with Crippen molar-refractivity contribution in [1.29, 1.82) is 0 Å². The van der Waals surface area contributed by atoms with Crippen LogP contribution in [0.4, 0.5) is 5.82 Å². The van der Waals surface area contributed by atoms with E-state index in [1.807, 2.05) is 39.0 Å². The van der Waals surface area contributed by atoms with E-state index in [1.165, 1.54) is 5.56 Å². The fraction of sp³-hybridized carbons (Fsp3) is 0.250. The molecule has 2 aromatic rings. The van der Waals surface area contributed by atoms with Gasteiger partial charge in [-0.25, -0.2) is 0 Å². The van der Waals surface area contributed by atoms with Gasteiger partial charge in [0.15, 0.2) is 5.82 Å². The number of aromatic nitrogens is 3. The Bertz CT molecular complexity index is 703. The maximum Gasteiger partial charge on any atom is 0.156 e. The van der Waals surface area contributed by atoms with Crippen molar-refractivity contribution in [2.24, 2.45) is 0 Å². The molecule has 0 atom stereocenters. The van der Waals surface area contributed by atoms with E-state index in [2.05, 4.69) is 40.6 Å². The zero-order chi connectivity index (χ0) is 17.9. The van der Waals surface area contributed by atoms with Crippen LogP contribution < -0.4 is 5.32 Å². The van der Waals surface area contributed by atoms with Crippen LogP contribution in [0.25, 0.3) is 0 Å². The number of rotatable bonds is 6. The van der Waals surface area contributed by atoms with E-state index in [1.54, 1.807) is 24.5 Å². The maximum atomic E-state index is 4.36. The third kappa shape index (κ3) is 5.16. The van der Waals surface area contributed by atoms with Gasteiger partial charge in [0.25, 0.3) is 0 Å². The first-order valence-electron chi connectivity index (χ1n) is 8.09. The molecule has 24 heavy (non-hydrogen) atoms. The molecule has 126 valence electrons. The van der Waals surface area contributed by atoms with Gasteiger partial charge in [0.05, 0.1) is 5.69 Å². The molecule has 0 aliphatic rings. The van der Waals surface area contributed by atoms with Crippen molar-refractivity contribution in [1.82, 2.24) is 15.2 Å². The standard InChI is InChI=1S/C18H20N4.C2H6/c1-5-7-16(6-2)20-18-14(4)13(3)17(21-22-18)12-15-8-10-19-11-9-15;1-2/h5-11H,1-2,12H2,3-4H3,(H,20,22);1-2H3/b16-7+;. The predicted octanol–water partition coefficient (Wildman–Crippen LogP) is 4.77. The van der Waals surface area contributed by atoms with Crippen LogP contribution in [0.3, 0.4) is 0 Å². The van der Waals surface area contributed by atoms with Crippen molar-refractivity contribution in [2.45, 2.75) is 34.1 Å². The maximum absolute atomic E-state index is 4.36. The Morgan fingerprint density at radius 3 is 2.33 bits per heavy atom. The number of anilines is 1. The summed E-state index contributed by atoms with van der Waals surface area (Å²) in [5.41, 5.74) is 5.20. The molecule has 0 aromatic carbocycles. The number of nitrogens with zero attached hydrogens (tertiary/aromatic N) is 3. The van der Waals surface area contributed by atoms with Crippen LogP contribution >= 0.6 is 0 Å². The van der Waals surface area contributed by atoms with Crippen LogP contribution in [0.1, 0.15) is 36.2 Å². The smallest absolute Gasteiger partial charge is 0.156 e. The molecule has 2 aromatic heterocycles. The number of allylic oxidation sites excluding steroid dienone is 3. The van der Waals surface area contributed by atoms with Crippen LogP contribution in [0.15, 0.2) is 61.6 Å². The van der Waals surface area contributed by atoms with Crippen molar-refractivity contribution in [3.63, 3.8) is 0 Å². The first-order chi connectivity index (χ1) is 11.7. The van der Waals surface area contributed by atoms with Gasteiger partial charge in [-0.2, -0.15) is 5.10 Å². The van der Waals surface area contributed by atoms with Gasteiger partial charge in [-0.3, -0.25) is 4.98 Å². The quantitative estimate of drug-likeness (QED) is 0.778. The van der Waals surface area contributed by atoms with E-state index in [0.717, 1.165) is 34.8 Å². The van der Waals surface area contributed by atoms with Gasteiger partial charge in [-0.15, -0.1) is 5.10 Å². The fourth-order valence-corrected chi connectivity index (χ4v) is 2.06. The molecular weight excluding hydrogens is 296 g/mol. The van der Waals surface area contributed by atoms with Gasteiger partial charge in [0.1, 0.15) is 0 Å². The molecule has 4 heteroatoms. The molecule has 0 amide bonds. The average molecular weight is 322 g/mol. The third-order valence-corrected chi connectivity index (χ3v) is 3.52. The van der Waals surface area contributed by atoms with Gasteiger partial charge in [-0.1, -0.05) is 33.1 Å². The lowest BCUT2D eigenvalue weighted by Crippen LogP contribution is -2.08. The molecule has 2 rings (SSSR count). The number of hydrogen-bond donors (Lipinski definition) is 1. The van der Waals surface area contributed by atoms with Crippen LogP contribution in [-0.4, -0.2) is 15.2 Å². The first-order valence-corrected chi connectivity index (χ1v) is 8.09. The molecule has 2 heterocycles. The van der Waals surface area contributed by atoms with E-state index >= 15 is 0 Å². The highest BCUT2D eigenvalue weighted by Crippen LogP contribution is 2.20. The van der Waals surface area contributed by atoms with Crippen molar-refractivity contribution in [3.05, 3.63) is 84.0 Å². The summed E-state index contributed by atoms with van der Waals surface area (Å²) < 4.78 is 0. The molecule has 0 aliphatic carbocycles. The monoisotopic (exact) mass is 322 g/mol. The molecule has 1 N–H and O–H groups in total. The van der Waals surface area contributed by atoms with E-state index in [4.69, 9.17) is 0 Å². The summed E-state index contributed by atoms with van der Waals surface area (Å²) >= 11 is 0. The molecule has 0 aliphatic heterocycles. The second-order valence-corrected chi connectivity index (χ2v) is 4.96. The summed E-state index contributed by atoms with van der Waals surface area (Å²) in [7, 11) is 0. The van der Waals surface area contributed by atoms with Gasteiger partial charge in [-0.05, 0) is 54.8 Å². The fourth-order valence-electron chi connectivity index (χ4n) is 2.06. The normalized spacial score (nSPS) is 10.4. The van der Waals surface area contributed by atoms with Crippen LogP contribution in [-0.2, 0) is 6.42 Å². The van der Waals surface area contributed by atoms with Crippen LogP contribution in [0, 0.1) is 13.8 Å². The Kier molecular flexibility index (Phi) is 8.13. The van der Waals surface area contributed by atoms with E-state index in [9.17, 15) is 0 Å². The minimum absolute atomic E-state index is 0.740. The van der Waals surface area contributed by atoms with Crippen LogP contribution in [0.2, 0.25) is 0 Å². The Hall–Kier alpha value is -2.75. The second kappa shape index (κ2) is 10.1. The molecule has 0 spiro atoms. The average Bonchev–Trinajstić information content (AvgIpc) is 2.63. The zero-order valence-corrected chi connectivity index (χ0v) is 15.0. The third-order valence-electron chi connectivity index (χ3n) is 3.52. The van der Waals surface area contributed by atoms with Gasteiger partial charge >= 0.3 is 0 Å². The summed E-state index contributed by atoms with van der Waals surface area (Å²) in [5, 5.41) is 11.9. The van der Waals surface area contributed by atoms with E-state index in [-0.39, 0.29) is 0 Å². The number of hydrogen-bond acceptors (Lipinski definition) is 4. The zero-order valence-electron chi connectivity index (χ0n) is 15.0. The second-order valence-electron chi connectivity index (χ2n) is 4.96. The first kappa shape index (κ1) is 19.3. The lowest BCUT2D eigenvalue weighted by molar-refractivity contribution is 0.907. The Balaban J connectivity index is 0.00000139. The Labute approximate surface area is 145 Å². The topological polar surface area (TPSA) is 50.7 Å². The van der Waals surface area contributed by atoms with Crippen molar-refractivity contribution >= 4 is 5.82 Å². The van der Waals surface area contributed by atoms with Crippen molar-refractivity contribution in [2.75, 3.05) is 5.32 Å². The lowest BCUT2D eigenvalue weighted by atomic mass is 10.0. The predicted molar refractivity (Wildman–Crippen MR) is 102 cm³/mol. The van der Waals surface area contributed by atoms with Gasteiger partial charge < -0.3 is 5.32 Å². The number of nitrogens with one attached hydrogen (secondary N) is 1. The van der Waals surface area contributed by atoms with E-state index in [0.29, 0.717) is 0 Å². The van der Waals surface area contributed by atoms with Crippen molar-refractivity contribution in [3.8, 4) is 0 Å². The molecule has 0 saturated heterocycles. The summed E-state index contributed by atoms with van der Waals surface area (Å²) in [6.07, 6.45) is 9.60. The summed E-state index contributed by atoms with van der Waals surface area (Å²) in [5.74, 6) is 0.740. The van der Waals surface area contributed by atoms with Gasteiger partial charge in [0.2, 0.25) is 0 Å². The Morgan fingerprint density at radius 2 is 1.75 bits per heavy atom. The Morgan fingerprint density at radius 1 is 1.08 bits per heavy atom. The molecule has 0 unspecified atom stereocenters. The van der Waals surface area contributed by atoms with E-state index < -0.39 is 0 Å². The largest absolute Gasteiger partial charge is 0.339 e. The highest BCUT2D eigenvalue weighted by molar-refractivity contribution is 5.53. The molecule has 0 saturated carbocycles. The molecule has 0 radical (unpaired) electrons. The molecule has 4 nitrogen and oxygen atoms in total. The summed E-state index contributed by atoms with van der Waals surface area (Å²) in [6.45, 7) is 15.6. The summed E-state index contributed by atoms with van der Waals surface area (Å²) in [6, 6.07) is 3.98. The highest BCUT2D eigenvalue weighted by Gasteiger charge is 2.10. The van der Waals surface area contributed by atoms with Crippen molar-refractivity contribution < 1.29 is 0 Å². The molecular formula is C20H26N4. The molecule has 0 bridgehead atoms. The summed E-state index contributed by atoms with van der Waals surface area (Å²) in [4.78, 5) is 4.03. The highest BCUT2D eigenvalue weighted by atomic mass is 15.2.